The third kappa shape index (κ3) is 1.69. The average molecular weight is 196 g/mol. The Bertz CT molecular complexity index is 250. The van der Waals surface area contributed by atoms with Crippen molar-refractivity contribution < 1.29 is 33.4 Å². The van der Waals surface area contributed by atoms with Crippen LogP contribution in [0.5, 0.6) is 0 Å². The fourth-order valence-corrected chi connectivity index (χ4v) is 1.22. The summed E-state index contributed by atoms with van der Waals surface area (Å²) >= 11 is 0. The first-order valence-corrected chi connectivity index (χ1v) is 3.75. The summed E-state index contributed by atoms with van der Waals surface area (Å²) in [6.45, 7) is -1.19. The van der Waals surface area contributed by atoms with Gasteiger partial charge in [-0.25, -0.2) is 0 Å². The van der Waals surface area contributed by atoms with E-state index in [0.717, 1.165) is 0 Å². The van der Waals surface area contributed by atoms with E-state index in [1.54, 1.807) is 0 Å². The normalized spacial score (nSPS) is 58.3. The molecule has 0 radical (unpaired) electrons. The molecule has 1 rings (SSSR count). The highest BCUT2D eigenvalue weighted by molar-refractivity contribution is 5.01. The van der Waals surface area contributed by atoms with Crippen LogP contribution in [0.25, 0.3) is 0 Å². The van der Waals surface area contributed by atoms with Crippen molar-refractivity contribution in [1.29, 1.82) is 0 Å². The Morgan fingerprint density at radius 2 is 1.77 bits per heavy atom. The largest absolute Gasteiger partial charge is 0.393 e. The number of aliphatic hydroxyl groups is 6. The standard InChI is InChI=1S/C7H14O6/c8-2-7(13)1-3(9)4(10)5(11)6(7)12/h3-6,8-13H,1-2H2/t3-,4-,5-,6+,7-/m1/s1/i1D2. The second-order valence-electron chi connectivity index (χ2n) is 3.10. The molecule has 1 saturated carbocycles. The van der Waals surface area contributed by atoms with Gasteiger partial charge in [0.05, 0.1) is 12.7 Å². The number of aliphatic hydroxyl groups excluding tert-OH is 5. The van der Waals surface area contributed by atoms with Gasteiger partial charge in [0.2, 0.25) is 0 Å². The number of hydrogen-bond acceptors (Lipinski definition) is 6. The van der Waals surface area contributed by atoms with E-state index in [9.17, 15) is 25.5 Å². The average Bonchev–Trinajstić information content (AvgIpc) is 2.21. The molecule has 0 unspecified atom stereocenters. The minimum Gasteiger partial charge on any atom is -0.393 e. The lowest BCUT2D eigenvalue weighted by Gasteiger charge is -2.43. The van der Waals surface area contributed by atoms with Gasteiger partial charge in [-0.05, 0) is 0 Å². The van der Waals surface area contributed by atoms with Gasteiger partial charge in [0.15, 0.2) is 0 Å². The summed E-state index contributed by atoms with van der Waals surface area (Å²) in [6, 6.07) is 0. The van der Waals surface area contributed by atoms with Crippen molar-refractivity contribution in [2.24, 2.45) is 0 Å². The molecular formula is C7H14O6. The van der Waals surface area contributed by atoms with Crippen molar-refractivity contribution in [2.75, 3.05) is 6.61 Å². The molecule has 0 aromatic carbocycles. The Kier molecular flexibility index (Phi) is 2.17. The first kappa shape index (κ1) is 8.10. The van der Waals surface area contributed by atoms with Gasteiger partial charge in [0, 0.05) is 9.11 Å². The molecule has 5 atom stereocenters. The van der Waals surface area contributed by atoms with Crippen LogP contribution in [0.1, 0.15) is 9.11 Å². The van der Waals surface area contributed by atoms with Crippen LogP contribution in [0.4, 0.5) is 0 Å². The van der Waals surface area contributed by atoms with Gasteiger partial charge in [0.1, 0.15) is 23.9 Å². The second-order valence-corrected chi connectivity index (χ2v) is 3.10. The quantitative estimate of drug-likeness (QED) is 0.259. The summed E-state index contributed by atoms with van der Waals surface area (Å²) in [6.07, 6.45) is -10.9. The van der Waals surface area contributed by atoms with Gasteiger partial charge < -0.3 is 30.6 Å². The molecule has 0 bridgehead atoms. The zero-order valence-corrected chi connectivity index (χ0v) is 6.70. The van der Waals surface area contributed by atoms with Crippen LogP contribution in [0.2, 0.25) is 0 Å². The molecular weight excluding hydrogens is 180 g/mol. The van der Waals surface area contributed by atoms with E-state index < -0.39 is 43.0 Å². The maximum Gasteiger partial charge on any atom is 0.119 e. The molecule has 0 aliphatic heterocycles. The molecule has 0 amide bonds. The van der Waals surface area contributed by atoms with Crippen LogP contribution in [-0.2, 0) is 0 Å². The van der Waals surface area contributed by atoms with Crippen LogP contribution in [-0.4, -0.2) is 67.3 Å². The Balaban J connectivity index is 3.16. The van der Waals surface area contributed by atoms with E-state index >= 15 is 0 Å². The van der Waals surface area contributed by atoms with Crippen LogP contribution in [0.3, 0.4) is 0 Å². The molecule has 78 valence electrons. The van der Waals surface area contributed by atoms with Crippen LogP contribution >= 0.6 is 0 Å². The third-order valence-corrected chi connectivity index (χ3v) is 2.13. The molecule has 13 heavy (non-hydrogen) atoms. The molecule has 1 aliphatic carbocycles. The van der Waals surface area contributed by atoms with Crippen LogP contribution in [0, 0.1) is 0 Å². The smallest absolute Gasteiger partial charge is 0.119 e. The summed E-state index contributed by atoms with van der Waals surface area (Å²) in [4.78, 5) is 0. The summed E-state index contributed by atoms with van der Waals surface area (Å²) in [7, 11) is 0. The van der Waals surface area contributed by atoms with E-state index in [1.807, 2.05) is 0 Å². The molecule has 0 heterocycles. The molecule has 1 aliphatic rings. The lowest BCUT2D eigenvalue weighted by Crippen LogP contribution is -2.64. The summed E-state index contributed by atoms with van der Waals surface area (Å²) in [5, 5.41) is 55.5. The van der Waals surface area contributed by atoms with Gasteiger partial charge in [0.25, 0.3) is 0 Å². The van der Waals surface area contributed by atoms with Gasteiger partial charge in [-0.2, -0.15) is 0 Å². The van der Waals surface area contributed by atoms with Crippen molar-refractivity contribution in [2.45, 2.75) is 36.4 Å². The molecule has 0 saturated heterocycles. The van der Waals surface area contributed by atoms with Crippen LogP contribution in [0.15, 0.2) is 0 Å². The summed E-state index contributed by atoms with van der Waals surface area (Å²) in [5.74, 6) is 0. The molecule has 6 N–H and O–H groups in total. The van der Waals surface area contributed by atoms with Crippen molar-refractivity contribution in [1.82, 2.24) is 0 Å². The Morgan fingerprint density at radius 3 is 2.23 bits per heavy atom. The number of hydrogen-bond donors (Lipinski definition) is 6. The van der Waals surface area contributed by atoms with Crippen molar-refractivity contribution >= 4 is 0 Å². The van der Waals surface area contributed by atoms with E-state index in [0.29, 0.717) is 0 Å². The minimum absolute atomic E-state index is 1.19. The van der Waals surface area contributed by atoms with E-state index in [1.165, 1.54) is 0 Å². The van der Waals surface area contributed by atoms with Crippen molar-refractivity contribution in [3.05, 3.63) is 0 Å². The maximum atomic E-state index is 9.63. The zero-order valence-electron chi connectivity index (χ0n) is 8.70. The van der Waals surface area contributed by atoms with Gasteiger partial charge >= 0.3 is 0 Å². The Labute approximate surface area is 77.5 Å². The molecule has 6 heteroatoms. The van der Waals surface area contributed by atoms with Crippen molar-refractivity contribution in [3.63, 3.8) is 0 Å². The Morgan fingerprint density at radius 1 is 1.23 bits per heavy atom. The van der Waals surface area contributed by atoms with E-state index in [2.05, 4.69) is 0 Å². The summed E-state index contributed by atoms with van der Waals surface area (Å²) < 4.78 is 14.6. The Hall–Kier alpha value is -0.240. The molecule has 1 fully saturated rings. The first-order valence-electron chi connectivity index (χ1n) is 4.75. The lowest BCUT2D eigenvalue weighted by atomic mass is 9.78. The predicted molar refractivity (Wildman–Crippen MR) is 40.7 cm³/mol. The highest BCUT2D eigenvalue weighted by Gasteiger charge is 2.50. The first-order chi connectivity index (χ1) is 6.70. The molecule has 0 spiro atoms. The van der Waals surface area contributed by atoms with Crippen molar-refractivity contribution in [3.8, 4) is 0 Å². The zero-order chi connectivity index (χ0) is 12.0. The van der Waals surface area contributed by atoms with Gasteiger partial charge in [-0.1, -0.05) is 0 Å². The van der Waals surface area contributed by atoms with E-state index in [-0.39, 0.29) is 0 Å². The second kappa shape index (κ2) is 3.49. The minimum atomic E-state index is -2.83. The maximum absolute atomic E-state index is 9.63. The fourth-order valence-electron chi connectivity index (χ4n) is 1.22. The third-order valence-electron chi connectivity index (χ3n) is 2.13. The fraction of sp³-hybridized carbons (Fsp3) is 1.00. The molecule has 6 nitrogen and oxygen atoms in total. The van der Waals surface area contributed by atoms with E-state index in [4.69, 9.17) is 7.85 Å². The monoisotopic (exact) mass is 196 g/mol. The van der Waals surface area contributed by atoms with Gasteiger partial charge in [-0.3, -0.25) is 0 Å². The van der Waals surface area contributed by atoms with Gasteiger partial charge in [-0.15, -0.1) is 0 Å². The predicted octanol–water partition coefficient (Wildman–Crippen LogP) is -3.44. The lowest BCUT2D eigenvalue weighted by molar-refractivity contribution is -0.228. The SMILES string of the molecule is [2H]C1([2H])[C@@H](O)[C@@H](O)[C@@H](O)[C@H](O)[C@]1(O)CO. The highest BCUT2D eigenvalue weighted by atomic mass is 16.4. The topological polar surface area (TPSA) is 121 Å². The van der Waals surface area contributed by atoms with Crippen LogP contribution < -0.4 is 0 Å². The highest BCUT2D eigenvalue weighted by Crippen LogP contribution is 2.29. The summed E-state index contributed by atoms with van der Waals surface area (Å²) in [5.41, 5.74) is -2.72. The number of rotatable bonds is 1. The molecule has 0 aromatic rings. The molecule has 0 aromatic heterocycles.